The van der Waals surface area contributed by atoms with Crippen LogP contribution in [-0.2, 0) is 6.42 Å². The molecule has 1 aliphatic rings. The summed E-state index contributed by atoms with van der Waals surface area (Å²) in [5, 5.41) is 9.60. The van der Waals surface area contributed by atoms with Gasteiger partial charge in [0.05, 0.1) is 12.1 Å². The zero-order chi connectivity index (χ0) is 9.42. The lowest BCUT2D eigenvalue weighted by molar-refractivity contribution is 0.127. The number of fused-ring (bicyclic) bond motifs is 1. The number of aliphatic hydroxyl groups excluding tert-OH is 1. The molecule has 0 aromatic heterocycles. The third-order valence-electron chi connectivity index (χ3n) is 2.60. The summed E-state index contributed by atoms with van der Waals surface area (Å²) in [7, 11) is 0. The molecule has 1 aromatic carbocycles. The van der Waals surface area contributed by atoms with Crippen molar-refractivity contribution < 1.29 is 5.11 Å². The van der Waals surface area contributed by atoms with E-state index >= 15 is 0 Å². The predicted molar refractivity (Wildman–Crippen MR) is 55.4 cm³/mol. The van der Waals surface area contributed by atoms with Gasteiger partial charge in [-0.25, -0.2) is 0 Å². The molecule has 13 heavy (non-hydrogen) atoms. The van der Waals surface area contributed by atoms with E-state index in [1.54, 1.807) is 0 Å². The highest BCUT2D eigenvalue weighted by molar-refractivity contribution is 9.10. The van der Waals surface area contributed by atoms with Gasteiger partial charge in [-0.15, -0.1) is 0 Å². The van der Waals surface area contributed by atoms with Crippen molar-refractivity contribution in [2.75, 3.05) is 0 Å². The normalized spacial score (nSPS) is 27.0. The molecule has 1 aliphatic carbocycles. The van der Waals surface area contributed by atoms with E-state index in [-0.39, 0.29) is 6.04 Å². The molecule has 2 unspecified atom stereocenters. The number of benzene rings is 1. The topological polar surface area (TPSA) is 46.2 Å². The minimum Gasteiger partial charge on any atom is -0.391 e. The molecule has 0 bridgehead atoms. The van der Waals surface area contributed by atoms with E-state index in [1.807, 2.05) is 12.1 Å². The number of hydrogen-bond donors (Lipinski definition) is 2. The highest BCUT2D eigenvalue weighted by Gasteiger charge is 2.26. The summed E-state index contributed by atoms with van der Waals surface area (Å²) in [4.78, 5) is 0. The second kappa shape index (κ2) is 3.40. The zero-order valence-corrected chi connectivity index (χ0v) is 8.79. The molecule has 0 amide bonds. The van der Waals surface area contributed by atoms with Crippen molar-refractivity contribution in [3.05, 3.63) is 33.8 Å². The molecule has 0 aliphatic heterocycles. The molecule has 0 fully saturated rings. The average Bonchev–Trinajstić information content (AvgIpc) is 2.12. The maximum absolute atomic E-state index is 9.60. The average molecular weight is 242 g/mol. The van der Waals surface area contributed by atoms with Gasteiger partial charge in [0.15, 0.2) is 0 Å². The molecule has 0 radical (unpaired) electrons. The Morgan fingerprint density at radius 1 is 1.46 bits per heavy atom. The monoisotopic (exact) mass is 241 g/mol. The number of nitrogens with two attached hydrogens (primary N) is 1. The second-order valence-electron chi connectivity index (χ2n) is 3.44. The highest BCUT2D eigenvalue weighted by atomic mass is 79.9. The number of aryl methyl sites for hydroxylation is 1. The van der Waals surface area contributed by atoms with E-state index in [2.05, 4.69) is 22.0 Å². The van der Waals surface area contributed by atoms with E-state index in [0.29, 0.717) is 0 Å². The molecule has 0 saturated carbocycles. The van der Waals surface area contributed by atoms with Crippen molar-refractivity contribution in [2.24, 2.45) is 5.73 Å². The molecule has 0 saturated heterocycles. The first-order valence-electron chi connectivity index (χ1n) is 4.41. The van der Waals surface area contributed by atoms with Gasteiger partial charge < -0.3 is 10.8 Å². The summed E-state index contributed by atoms with van der Waals surface area (Å²) in [6, 6.07) is 5.81. The molecule has 3 heteroatoms. The summed E-state index contributed by atoms with van der Waals surface area (Å²) in [6.07, 6.45) is 1.29. The van der Waals surface area contributed by atoms with Crippen LogP contribution in [0.25, 0.3) is 0 Å². The van der Waals surface area contributed by atoms with Crippen molar-refractivity contribution in [1.82, 2.24) is 0 Å². The lowest BCUT2D eigenvalue weighted by Crippen LogP contribution is -2.31. The van der Waals surface area contributed by atoms with Crippen LogP contribution in [0.5, 0.6) is 0 Å². The van der Waals surface area contributed by atoms with Crippen LogP contribution >= 0.6 is 15.9 Å². The Morgan fingerprint density at radius 2 is 2.23 bits per heavy atom. The van der Waals surface area contributed by atoms with Crippen molar-refractivity contribution in [1.29, 1.82) is 0 Å². The molecule has 0 spiro atoms. The van der Waals surface area contributed by atoms with Crippen LogP contribution in [0.15, 0.2) is 22.7 Å². The Bertz CT molecular complexity index is 327. The van der Waals surface area contributed by atoms with E-state index in [0.717, 1.165) is 22.9 Å². The Labute approximate surface area is 85.9 Å². The summed E-state index contributed by atoms with van der Waals surface area (Å²) in [6.45, 7) is 0. The van der Waals surface area contributed by atoms with E-state index in [1.165, 1.54) is 5.56 Å². The summed E-state index contributed by atoms with van der Waals surface area (Å²) in [5.41, 5.74) is 8.24. The van der Waals surface area contributed by atoms with E-state index < -0.39 is 6.10 Å². The molecule has 2 rings (SSSR count). The Morgan fingerprint density at radius 3 is 3.00 bits per heavy atom. The third kappa shape index (κ3) is 1.52. The molecule has 3 N–H and O–H groups in total. The fraction of sp³-hybridized carbons (Fsp3) is 0.400. The first-order chi connectivity index (χ1) is 6.20. The van der Waals surface area contributed by atoms with Gasteiger partial charge in [-0.3, -0.25) is 0 Å². The van der Waals surface area contributed by atoms with Crippen LogP contribution in [-0.4, -0.2) is 11.2 Å². The summed E-state index contributed by atoms with van der Waals surface area (Å²) in [5.74, 6) is 0. The number of rotatable bonds is 0. The van der Waals surface area contributed by atoms with Crippen LogP contribution < -0.4 is 5.73 Å². The quantitative estimate of drug-likeness (QED) is 0.728. The maximum Gasteiger partial charge on any atom is 0.0736 e. The standard InChI is InChI=1S/C10H12BrNO/c11-7-3-1-2-6-4-5-8(13)10(12)9(6)7/h1-3,8,10,13H,4-5,12H2. The molecule has 2 atom stereocenters. The van der Waals surface area contributed by atoms with Crippen molar-refractivity contribution in [3.63, 3.8) is 0 Å². The summed E-state index contributed by atoms with van der Waals surface area (Å²) < 4.78 is 1.01. The summed E-state index contributed by atoms with van der Waals surface area (Å²) >= 11 is 3.46. The van der Waals surface area contributed by atoms with Gasteiger partial charge in [0.25, 0.3) is 0 Å². The molecule has 70 valence electrons. The largest absolute Gasteiger partial charge is 0.391 e. The van der Waals surface area contributed by atoms with Crippen LogP contribution in [0, 0.1) is 0 Å². The van der Waals surface area contributed by atoms with Gasteiger partial charge in [-0.1, -0.05) is 28.1 Å². The number of aliphatic hydroxyl groups is 1. The van der Waals surface area contributed by atoms with Gasteiger partial charge in [0.2, 0.25) is 0 Å². The fourth-order valence-corrected chi connectivity index (χ4v) is 2.52. The Kier molecular flexibility index (Phi) is 2.41. The number of hydrogen-bond acceptors (Lipinski definition) is 2. The predicted octanol–water partition coefficient (Wildman–Crippen LogP) is 1.76. The van der Waals surface area contributed by atoms with Gasteiger partial charge in [0, 0.05) is 4.47 Å². The van der Waals surface area contributed by atoms with E-state index in [9.17, 15) is 5.11 Å². The molecule has 0 heterocycles. The highest BCUT2D eigenvalue weighted by Crippen LogP contribution is 2.33. The fourth-order valence-electron chi connectivity index (χ4n) is 1.85. The van der Waals surface area contributed by atoms with E-state index in [4.69, 9.17) is 5.73 Å². The third-order valence-corrected chi connectivity index (χ3v) is 3.29. The van der Waals surface area contributed by atoms with Crippen molar-refractivity contribution >= 4 is 15.9 Å². The number of halogens is 1. The molecule has 1 aromatic rings. The van der Waals surface area contributed by atoms with Crippen LogP contribution in [0.1, 0.15) is 23.6 Å². The minimum absolute atomic E-state index is 0.237. The lowest BCUT2D eigenvalue weighted by atomic mass is 9.86. The van der Waals surface area contributed by atoms with Crippen LogP contribution in [0.3, 0.4) is 0 Å². The SMILES string of the molecule is NC1c2c(Br)cccc2CCC1O. The van der Waals surface area contributed by atoms with Crippen molar-refractivity contribution in [2.45, 2.75) is 25.0 Å². The van der Waals surface area contributed by atoms with Crippen LogP contribution in [0.4, 0.5) is 0 Å². The molecular weight excluding hydrogens is 230 g/mol. The molecular formula is C10H12BrNO. The van der Waals surface area contributed by atoms with Gasteiger partial charge >= 0.3 is 0 Å². The van der Waals surface area contributed by atoms with Crippen molar-refractivity contribution in [3.8, 4) is 0 Å². The second-order valence-corrected chi connectivity index (χ2v) is 4.30. The lowest BCUT2D eigenvalue weighted by Gasteiger charge is -2.28. The first kappa shape index (κ1) is 9.19. The van der Waals surface area contributed by atoms with Crippen LogP contribution in [0.2, 0.25) is 0 Å². The van der Waals surface area contributed by atoms with Gasteiger partial charge in [-0.2, -0.15) is 0 Å². The van der Waals surface area contributed by atoms with Gasteiger partial charge in [-0.05, 0) is 30.0 Å². The van der Waals surface area contributed by atoms with Gasteiger partial charge in [0.1, 0.15) is 0 Å². The Balaban J connectivity index is 2.51. The maximum atomic E-state index is 9.60. The smallest absolute Gasteiger partial charge is 0.0736 e. The zero-order valence-electron chi connectivity index (χ0n) is 7.20. The minimum atomic E-state index is -0.397. The Hall–Kier alpha value is -0.380. The first-order valence-corrected chi connectivity index (χ1v) is 5.20. The molecule has 2 nitrogen and oxygen atoms in total.